The first kappa shape index (κ1) is 23.2. The van der Waals surface area contributed by atoms with Crippen LogP contribution in [-0.2, 0) is 11.2 Å². The van der Waals surface area contributed by atoms with Crippen LogP contribution in [0.25, 0.3) is 5.69 Å². The van der Waals surface area contributed by atoms with Gasteiger partial charge in [0.1, 0.15) is 11.6 Å². The molecule has 0 unspecified atom stereocenters. The molecule has 0 radical (unpaired) electrons. The van der Waals surface area contributed by atoms with E-state index in [1.165, 1.54) is 17.8 Å². The van der Waals surface area contributed by atoms with Gasteiger partial charge in [0.15, 0.2) is 16.7 Å². The summed E-state index contributed by atoms with van der Waals surface area (Å²) in [6.07, 6.45) is 0.132. The lowest BCUT2D eigenvalue weighted by atomic mass is 10.2. The number of ether oxygens (including phenoxy) is 3. The van der Waals surface area contributed by atoms with Gasteiger partial charge in [0.05, 0.1) is 18.6 Å². The summed E-state index contributed by atoms with van der Waals surface area (Å²) in [5.74, 6) is 2.08. The Morgan fingerprint density at radius 1 is 1.11 bits per heavy atom. The number of hydrogen-bond donors (Lipinski definition) is 3. The Morgan fingerprint density at radius 3 is 2.81 bits per heavy atom. The van der Waals surface area contributed by atoms with Crippen molar-refractivity contribution in [3.63, 3.8) is 0 Å². The highest BCUT2D eigenvalue weighted by Gasteiger charge is 2.18. The van der Waals surface area contributed by atoms with Crippen molar-refractivity contribution in [2.24, 2.45) is 0 Å². The molecular weight excluding hydrogens is 488 g/mol. The standard InChI is InChI=1S/C23H20N6O6S/c1-33-16-4-2-3-15(10-16)29-19(8-14-9-20(30)26-22(32)25-14)27-28-23(29)36-11-21(31)24-13-5-6-17-18(7-13)35-12-34-17/h2-7,9-10H,8,11-12H2,1H3,(H,24,31)(H2,25,26,30,32). The second kappa shape index (κ2) is 10.00. The number of aromatic nitrogens is 5. The first-order chi connectivity index (χ1) is 17.5. The van der Waals surface area contributed by atoms with Gasteiger partial charge in [0.2, 0.25) is 12.7 Å². The zero-order chi connectivity index (χ0) is 25.1. The Bertz CT molecular complexity index is 1520. The van der Waals surface area contributed by atoms with Gasteiger partial charge in [0.25, 0.3) is 5.56 Å². The fraction of sp³-hybridized carbons (Fsp3) is 0.174. The van der Waals surface area contributed by atoms with E-state index in [1.54, 1.807) is 42.0 Å². The van der Waals surface area contributed by atoms with E-state index in [-0.39, 0.29) is 24.9 Å². The van der Waals surface area contributed by atoms with Gasteiger partial charge in [-0.3, -0.25) is 19.1 Å². The SMILES string of the molecule is COc1cccc(-n2c(Cc3cc(=O)[nH]c(=O)[nH]3)nnc2SCC(=O)Nc2ccc3c(c2)OCO3)c1. The third-order valence-corrected chi connectivity index (χ3v) is 6.09. The number of carbonyl (C=O) groups is 1. The number of benzene rings is 2. The summed E-state index contributed by atoms with van der Waals surface area (Å²) in [6, 6.07) is 13.7. The predicted octanol–water partition coefficient (Wildman–Crippen LogP) is 1.70. The summed E-state index contributed by atoms with van der Waals surface area (Å²) in [6.45, 7) is 0.149. The minimum Gasteiger partial charge on any atom is -0.497 e. The third kappa shape index (κ3) is 5.10. The number of nitrogens with one attached hydrogen (secondary N) is 3. The molecule has 36 heavy (non-hydrogen) atoms. The van der Waals surface area contributed by atoms with Gasteiger partial charge in [-0.05, 0) is 24.3 Å². The van der Waals surface area contributed by atoms with Gasteiger partial charge in [-0.25, -0.2) is 4.79 Å². The molecule has 184 valence electrons. The fourth-order valence-corrected chi connectivity index (χ4v) is 4.37. The monoisotopic (exact) mass is 508 g/mol. The molecule has 2 aromatic heterocycles. The van der Waals surface area contributed by atoms with Gasteiger partial charge in [0, 0.05) is 36.0 Å². The molecule has 4 aromatic rings. The van der Waals surface area contributed by atoms with Crippen molar-refractivity contribution in [2.75, 3.05) is 25.0 Å². The van der Waals surface area contributed by atoms with Crippen molar-refractivity contribution in [3.05, 3.63) is 80.9 Å². The zero-order valence-electron chi connectivity index (χ0n) is 18.9. The van der Waals surface area contributed by atoms with Crippen LogP contribution in [0.5, 0.6) is 17.2 Å². The normalized spacial score (nSPS) is 11.9. The van der Waals surface area contributed by atoms with Gasteiger partial charge in [-0.2, -0.15) is 0 Å². The molecule has 2 aromatic carbocycles. The van der Waals surface area contributed by atoms with E-state index in [0.29, 0.717) is 45.3 Å². The topological polar surface area (TPSA) is 153 Å². The number of fused-ring (bicyclic) bond motifs is 1. The Hall–Kier alpha value is -4.52. The Labute approximate surface area is 207 Å². The number of amides is 1. The van der Waals surface area contributed by atoms with Gasteiger partial charge < -0.3 is 24.5 Å². The van der Waals surface area contributed by atoms with Crippen LogP contribution in [0.2, 0.25) is 0 Å². The molecular formula is C23H20N6O6S. The van der Waals surface area contributed by atoms with E-state index in [2.05, 4.69) is 25.5 Å². The van der Waals surface area contributed by atoms with E-state index in [0.717, 1.165) is 0 Å². The number of methoxy groups -OCH3 is 1. The number of anilines is 1. The maximum Gasteiger partial charge on any atom is 0.325 e. The summed E-state index contributed by atoms with van der Waals surface area (Å²) in [7, 11) is 1.56. The molecule has 3 N–H and O–H groups in total. The highest BCUT2D eigenvalue weighted by atomic mass is 32.2. The molecule has 0 fully saturated rings. The molecule has 0 saturated heterocycles. The van der Waals surface area contributed by atoms with Crippen LogP contribution in [0.15, 0.2) is 63.3 Å². The van der Waals surface area contributed by atoms with Crippen LogP contribution in [0, 0.1) is 0 Å². The Balaban J connectivity index is 1.38. The van der Waals surface area contributed by atoms with E-state index >= 15 is 0 Å². The maximum absolute atomic E-state index is 12.6. The Morgan fingerprint density at radius 2 is 1.97 bits per heavy atom. The van der Waals surface area contributed by atoms with Crippen molar-refractivity contribution in [2.45, 2.75) is 11.6 Å². The zero-order valence-corrected chi connectivity index (χ0v) is 19.8. The van der Waals surface area contributed by atoms with Gasteiger partial charge >= 0.3 is 5.69 Å². The van der Waals surface area contributed by atoms with Crippen LogP contribution in [0.3, 0.4) is 0 Å². The average Bonchev–Trinajstić information content (AvgIpc) is 3.48. The van der Waals surface area contributed by atoms with Crippen LogP contribution in [0.1, 0.15) is 11.5 Å². The molecule has 0 atom stereocenters. The van der Waals surface area contributed by atoms with Crippen molar-refractivity contribution in [1.82, 2.24) is 24.7 Å². The Kier molecular flexibility index (Phi) is 6.45. The maximum atomic E-state index is 12.6. The molecule has 1 amide bonds. The number of hydrogen-bond acceptors (Lipinski definition) is 9. The van der Waals surface area contributed by atoms with Crippen molar-refractivity contribution in [3.8, 4) is 22.9 Å². The average molecular weight is 509 g/mol. The minimum absolute atomic E-state index is 0.0540. The number of H-pyrrole nitrogens is 2. The van der Waals surface area contributed by atoms with E-state index in [4.69, 9.17) is 14.2 Å². The van der Waals surface area contributed by atoms with E-state index in [1.807, 2.05) is 12.1 Å². The number of rotatable bonds is 8. The van der Waals surface area contributed by atoms with Crippen LogP contribution < -0.4 is 30.8 Å². The lowest BCUT2D eigenvalue weighted by Gasteiger charge is -2.12. The van der Waals surface area contributed by atoms with Crippen LogP contribution in [0.4, 0.5) is 5.69 Å². The number of thioether (sulfide) groups is 1. The van der Waals surface area contributed by atoms with E-state index < -0.39 is 11.2 Å². The summed E-state index contributed by atoms with van der Waals surface area (Å²) in [5, 5.41) is 11.8. The van der Waals surface area contributed by atoms with Crippen molar-refractivity contribution < 1.29 is 19.0 Å². The summed E-state index contributed by atoms with van der Waals surface area (Å²) in [4.78, 5) is 40.8. The number of carbonyl (C=O) groups excluding carboxylic acids is 1. The quantitative estimate of drug-likeness (QED) is 0.302. The molecule has 1 aliphatic rings. The van der Waals surface area contributed by atoms with Crippen molar-refractivity contribution in [1.29, 1.82) is 0 Å². The van der Waals surface area contributed by atoms with Crippen LogP contribution >= 0.6 is 11.8 Å². The van der Waals surface area contributed by atoms with Crippen LogP contribution in [-0.4, -0.2) is 50.3 Å². The largest absolute Gasteiger partial charge is 0.497 e. The van der Waals surface area contributed by atoms with Gasteiger partial charge in [-0.15, -0.1) is 10.2 Å². The molecule has 12 nitrogen and oxygen atoms in total. The molecule has 0 bridgehead atoms. The highest BCUT2D eigenvalue weighted by molar-refractivity contribution is 7.99. The molecule has 5 rings (SSSR count). The number of nitrogens with zero attached hydrogens (tertiary/aromatic N) is 3. The van der Waals surface area contributed by atoms with Gasteiger partial charge in [-0.1, -0.05) is 17.8 Å². The molecule has 13 heteroatoms. The highest BCUT2D eigenvalue weighted by Crippen LogP contribution is 2.34. The molecule has 1 aliphatic heterocycles. The molecule has 0 spiro atoms. The lowest BCUT2D eigenvalue weighted by Crippen LogP contribution is -2.23. The summed E-state index contributed by atoms with van der Waals surface area (Å²) >= 11 is 1.19. The second-order valence-electron chi connectivity index (χ2n) is 7.63. The second-order valence-corrected chi connectivity index (χ2v) is 8.57. The molecule has 0 aliphatic carbocycles. The lowest BCUT2D eigenvalue weighted by molar-refractivity contribution is -0.113. The molecule has 0 saturated carbocycles. The summed E-state index contributed by atoms with van der Waals surface area (Å²) in [5.41, 5.74) is 0.520. The molecule has 3 heterocycles. The first-order valence-electron chi connectivity index (χ1n) is 10.7. The third-order valence-electron chi connectivity index (χ3n) is 5.17. The number of aromatic amines is 2. The van der Waals surface area contributed by atoms with Crippen molar-refractivity contribution >= 4 is 23.4 Å². The van der Waals surface area contributed by atoms with E-state index in [9.17, 15) is 14.4 Å². The minimum atomic E-state index is -0.611. The first-order valence-corrected chi connectivity index (χ1v) is 11.7. The smallest absolute Gasteiger partial charge is 0.325 e. The predicted molar refractivity (Wildman–Crippen MR) is 130 cm³/mol. The summed E-state index contributed by atoms with van der Waals surface area (Å²) < 4.78 is 17.7. The fourth-order valence-electron chi connectivity index (χ4n) is 3.60.